The Morgan fingerprint density at radius 2 is 2.47 bits per heavy atom. The molecule has 0 fully saturated rings. The van der Waals surface area contributed by atoms with Gasteiger partial charge in [-0.25, -0.2) is 9.62 Å². The fraction of sp³-hybridized carbons (Fsp3) is 0.571. The third-order valence-electron chi connectivity index (χ3n) is 1.49. The highest BCUT2D eigenvalue weighted by Gasteiger charge is 2.13. The molecule has 1 aromatic heterocycles. The molecule has 2 N–H and O–H groups in total. The fourth-order valence-corrected chi connectivity index (χ4v) is 1.03. The van der Waals surface area contributed by atoms with E-state index in [2.05, 4.69) is 25.3 Å². The van der Waals surface area contributed by atoms with E-state index in [0.717, 1.165) is 0 Å². The van der Waals surface area contributed by atoms with Gasteiger partial charge in [0.05, 0.1) is 6.61 Å². The number of aliphatic imine (C=N–C) groups is 1. The van der Waals surface area contributed by atoms with Crippen LogP contribution in [0.25, 0.3) is 0 Å². The molecule has 0 aliphatic heterocycles. The molecule has 0 amide bonds. The van der Waals surface area contributed by atoms with Crippen LogP contribution in [0.4, 0.5) is 5.82 Å². The molecule has 0 aliphatic rings. The summed E-state index contributed by atoms with van der Waals surface area (Å²) < 4.78 is 9.34. The number of hydrogen-bond donors (Lipinski definition) is 2. The first kappa shape index (κ1) is 11.9. The number of aliphatic hydroxyl groups is 1. The normalized spacial score (nSPS) is 11.8. The first-order chi connectivity index (χ1) is 7.29. The number of ether oxygens (including phenoxy) is 1. The minimum absolute atomic E-state index is 0.0404. The van der Waals surface area contributed by atoms with Gasteiger partial charge in [-0.2, -0.15) is 0 Å². The zero-order valence-electron chi connectivity index (χ0n) is 8.10. The maximum absolute atomic E-state index is 8.55. The summed E-state index contributed by atoms with van der Waals surface area (Å²) in [4.78, 5) is 3.56. The predicted molar refractivity (Wildman–Crippen MR) is 54.1 cm³/mol. The highest BCUT2D eigenvalue weighted by atomic mass is 35.5. The first-order valence-corrected chi connectivity index (χ1v) is 4.54. The Labute approximate surface area is 91.0 Å². The first-order valence-electron chi connectivity index (χ1n) is 4.16. The van der Waals surface area contributed by atoms with Crippen LogP contribution in [-0.2, 0) is 4.74 Å². The maximum atomic E-state index is 8.55. The molecule has 8 heteroatoms. The summed E-state index contributed by atoms with van der Waals surface area (Å²) in [6, 6.07) is 0. The van der Waals surface area contributed by atoms with Crippen molar-refractivity contribution in [1.29, 1.82) is 0 Å². The highest BCUT2D eigenvalue weighted by Crippen LogP contribution is 2.12. The van der Waals surface area contributed by atoms with E-state index in [9.17, 15) is 0 Å². The molecule has 7 nitrogen and oxygen atoms in total. The zero-order chi connectivity index (χ0) is 11.1. The van der Waals surface area contributed by atoms with Crippen molar-refractivity contribution < 1.29 is 14.5 Å². The number of aliphatic hydroxyl groups excluding tert-OH is 1. The van der Waals surface area contributed by atoms with E-state index in [1.165, 1.54) is 0 Å². The van der Waals surface area contributed by atoms with Crippen LogP contribution in [0.5, 0.6) is 0 Å². The van der Waals surface area contributed by atoms with Crippen molar-refractivity contribution in [3.63, 3.8) is 0 Å². The van der Waals surface area contributed by atoms with Crippen molar-refractivity contribution in [2.75, 3.05) is 32.3 Å². The molecule has 0 bridgehead atoms. The Hall–Kier alpha value is -1.18. The third kappa shape index (κ3) is 3.46. The summed E-state index contributed by atoms with van der Waals surface area (Å²) in [5, 5.41) is 18.6. The molecule has 1 heterocycles. The standard InChI is InChI=1S/C7H11ClN4O3/c1-14-3-2-9-7-5(11-15-12-7)6(8)10-4-13/h13H,2-4H2,1H3,(H,9,12). The van der Waals surface area contributed by atoms with Crippen molar-refractivity contribution in [3.05, 3.63) is 5.69 Å². The summed E-state index contributed by atoms with van der Waals surface area (Å²) >= 11 is 5.72. The van der Waals surface area contributed by atoms with Crippen LogP contribution in [0, 0.1) is 0 Å². The topological polar surface area (TPSA) is 92.8 Å². The van der Waals surface area contributed by atoms with Gasteiger partial charge in [-0.3, -0.25) is 0 Å². The largest absolute Gasteiger partial charge is 0.383 e. The second-order valence-electron chi connectivity index (χ2n) is 2.47. The number of hydrogen-bond acceptors (Lipinski definition) is 7. The van der Waals surface area contributed by atoms with Gasteiger partial charge in [0.25, 0.3) is 0 Å². The number of methoxy groups -OCH3 is 1. The Morgan fingerprint density at radius 1 is 1.67 bits per heavy atom. The van der Waals surface area contributed by atoms with E-state index in [1.807, 2.05) is 0 Å². The number of nitrogens with one attached hydrogen (secondary N) is 1. The maximum Gasteiger partial charge on any atom is 0.201 e. The molecule has 1 aromatic rings. The molecular weight excluding hydrogens is 224 g/mol. The molecule has 0 spiro atoms. The number of rotatable bonds is 6. The summed E-state index contributed by atoms with van der Waals surface area (Å²) in [6.45, 7) is 0.644. The van der Waals surface area contributed by atoms with Gasteiger partial charge in [-0.15, -0.1) is 0 Å². The third-order valence-corrected chi connectivity index (χ3v) is 1.79. The predicted octanol–water partition coefficient (Wildman–Crippen LogP) is 0.0631. The minimum atomic E-state index is -0.413. The van der Waals surface area contributed by atoms with E-state index in [-0.39, 0.29) is 10.9 Å². The smallest absolute Gasteiger partial charge is 0.201 e. The van der Waals surface area contributed by atoms with E-state index in [4.69, 9.17) is 21.4 Å². The zero-order valence-corrected chi connectivity index (χ0v) is 8.86. The van der Waals surface area contributed by atoms with Gasteiger partial charge in [-0.05, 0) is 10.3 Å². The summed E-state index contributed by atoms with van der Waals surface area (Å²) in [5.41, 5.74) is 0.266. The van der Waals surface area contributed by atoms with Crippen molar-refractivity contribution in [1.82, 2.24) is 10.3 Å². The van der Waals surface area contributed by atoms with E-state index in [0.29, 0.717) is 19.0 Å². The average Bonchev–Trinajstić information content (AvgIpc) is 2.67. The lowest BCUT2D eigenvalue weighted by Crippen LogP contribution is -2.10. The Kier molecular flexibility index (Phi) is 5.02. The van der Waals surface area contributed by atoms with Crippen LogP contribution in [-0.4, -0.2) is 47.6 Å². The van der Waals surface area contributed by atoms with Crippen molar-refractivity contribution >= 4 is 22.6 Å². The van der Waals surface area contributed by atoms with Crippen LogP contribution in [0.2, 0.25) is 0 Å². The number of aromatic nitrogens is 2. The van der Waals surface area contributed by atoms with Crippen molar-refractivity contribution in [2.24, 2.45) is 4.99 Å². The number of halogens is 1. The van der Waals surface area contributed by atoms with Crippen LogP contribution in [0.15, 0.2) is 9.62 Å². The number of anilines is 1. The molecule has 0 saturated heterocycles. The van der Waals surface area contributed by atoms with E-state index >= 15 is 0 Å². The molecule has 0 aromatic carbocycles. The van der Waals surface area contributed by atoms with Gasteiger partial charge in [0, 0.05) is 13.7 Å². The molecule has 0 saturated carbocycles. The van der Waals surface area contributed by atoms with Gasteiger partial charge in [0.2, 0.25) is 5.82 Å². The fourth-order valence-electron chi connectivity index (χ4n) is 0.848. The Bertz CT molecular complexity index is 328. The molecule has 0 radical (unpaired) electrons. The second kappa shape index (κ2) is 6.33. The Balaban J connectivity index is 2.64. The van der Waals surface area contributed by atoms with Crippen LogP contribution < -0.4 is 5.32 Å². The van der Waals surface area contributed by atoms with Gasteiger partial charge in [-0.1, -0.05) is 11.6 Å². The number of nitrogens with zero attached hydrogens (tertiary/aromatic N) is 3. The van der Waals surface area contributed by atoms with Gasteiger partial charge >= 0.3 is 0 Å². The van der Waals surface area contributed by atoms with Crippen LogP contribution >= 0.6 is 11.6 Å². The molecule has 1 rings (SSSR count). The van der Waals surface area contributed by atoms with Gasteiger partial charge < -0.3 is 15.2 Å². The molecular formula is C7H11ClN4O3. The highest BCUT2D eigenvalue weighted by molar-refractivity contribution is 6.69. The second-order valence-corrected chi connectivity index (χ2v) is 2.83. The average molecular weight is 235 g/mol. The van der Waals surface area contributed by atoms with Crippen LogP contribution in [0.1, 0.15) is 5.69 Å². The molecule has 15 heavy (non-hydrogen) atoms. The summed E-state index contributed by atoms with van der Waals surface area (Å²) in [7, 11) is 1.59. The van der Waals surface area contributed by atoms with E-state index < -0.39 is 6.73 Å². The van der Waals surface area contributed by atoms with Crippen LogP contribution in [0.3, 0.4) is 0 Å². The summed E-state index contributed by atoms with van der Waals surface area (Å²) in [6.07, 6.45) is 0. The Morgan fingerprint density at radius 3 is 3.13 bits per heavy atom. The van der Waals surface area contributed by atoms with Crippen molar-refractivity contribution in [2.45, 2.75) is 0 Å². The minimum Gasteiger partial charge on any atom is -0.383 e. The SMILES string of the molecule is COCCNc1nonc1C(Cl)=NCO. The summed E-state index contributed by atoms with van der Waals surface area (Å²) in [5.74, 6) is 0.370. The molecule has 0 atom stereocenters. The lowest BCUT2D eigenvalue weighted by atomic mass is 10.4. The molecule has 0 aliphatic carbocycles. The molecule has 84 valence electrons. The quantitative estimate of drug-likeness (QED) is 0.534. The monoisotopic (exact) mass is 234 g/mol. The van der Waals surface area contributed by atoms with Crippen molar-refractivity contribution in [3.8, 4) is 0 Å². The van der Waals surface area contributed by atoms with E-state index in [1.54, 1.807) is 7.11 Å². The van der Waals surface area contributed by atoms with Gasteiger partial charge in [0.15, 0.2) is 10.9 Å². The molecule has 0 unspecified atom stereocenters. The van der Waals surface area contributed by atoms with Gasteiger partial charge in [0.1, 0.15) is 6.73 Å². The lowest BCUT2D eigenvalue weighted by molar-refractivity contribution is 0.210. The lowest BCUT2D eigenvalue weighted by Gasteiger charge is -2.01.